The Bertz CT molecular complexity index is 1210. The molecule has 3 N–H and O–H groups in total. The molecule has 0 aliphatic carbocycles. The summed E-state index contributed by atoms with van der Waals surface area (Å²) in [6, 6.07) is 25.3. The number of carbonyl (C=O) groups is 2. The van der Waals surface area contributed by atoms with Gasteiger partial charge in [-0.25, -0.2) is 0 Å². The van der Waals surface area contributed by atoms with Crippen molar-refractivity contribution in [3.8, 4) is 0 Å². The molecule has 1 heterocycles. The van der Waals surface area contributed by atoms with Crippen molar-refractivity contribution in [3.05, 3.63) is 96.2 Å². The van der Waals surface area contributed by atoms with E-state index < -0.39 is 11.8 Å². The standard InChI is InChI=1S/C26H26N4O2/c1-30(2)20-14-12-18(13-15-20)22(23-17-27-24-11-7-6-10-21(23)24)16-28-25(31)26(32)29-19-8-4-3-5-9-19/h3-15,17,22,27H,16H2,1-2H3,(H,28,31)(H,29,32). The Kier molecular flexibility index (Phi) is 6.22. The Labute approximate surface area is 187 Å². The van der Waals surface area contributed by atoms with Crippen molar-refractivity contribution in [2.24, 2.45) is 0 Å². The molecule has 4 aromatic rings. The predicted molar refractivity (Wildman–Crippen MR) is 129 cm³/mol. The van der Waals surface area contributed by atoms with Gasteiger partial charge in [-0.05, 0) is 41.5 Å². The van der Waals surface area contributed by atoms with E-state index in [0.717, 1.165) is 27.7 Å². The molecule has 32 heavy (non-hydrogen) atoms. The van der Waals surface area contributed by atoms with Gasteiger partial charge in [0, 0.05) is 55.0 Å². The monoisotopic (exact) mass is 426 g/mol. The molecule has 1 aromatic heterocycles. The Morgan fingerprint density at radius 2 is 1.56 bits per heavy atom. The molecule has 0 saturated carbocycles. The van der Waals surface area contributed by atoms with E-state index in [1.165, 1.54) is 0 Å². The van der Waals surface area contributed by atoms with Crippen LogP contribution in [0.3, 0.4) is 0 Å². The molecule has 6 heteroatoms. The Balaban J connectivity index is 1.57. The van der Waals surface area contributed by atoms with Gasteiger partial charge in [0.15, 0.2) is 0 Å². The summed E-state index contributed by atoms with van der Waals surface area (Å²) in [7, 11) is 4.00. The van der Waals surface area contributed by atoms with Crippen LogP contribution in [0.4, 0.5) is 11.4 Å². The maximum atomic E-state index is 12.5. The van der Waals surface area contributed by atoms with E-state index in [2.05, 4.69) is 45.9 Å². The normalized spacial score (nSPS) is 11.7. The number of hydrogen-bond acceptors (Lipinski definition) is 3. The van der Waals surface area contributed by atoms with Gasteiger partial charge in [-0.15, -0.1) is 0 Å². The second kappa shape index (κ2) is 9.39. The lowest BCUT2D eigenvalue weighted by Gasteiger charge is -2.20. The molecule has 162 valence electrons. The number of rotatable bonds is 6. The van der Waals surface area contributed by atoms with E-state index in [0.29, 0.717) is 12.2 Å². The highest BCUT2D eigenvalue weighted by atomic mass is 16.2. The molecule has 0 radical (unpaired) electrons. The maximum absolute atomic E-state index is 12.5. The van der Waals surface area contributed by atoms with Gasteiger partial charge in [0.1, 0.15) is 0 Å². The van der Waals surface area contributed by atoms with Crippen LogP contribution in [0.15, 0.2) is 85.1 Å². The molecule has 0 fully saturated rings. The lowest BCUT2D eigenvalue weighted by atomic mass is 9.90. The second-order valence-corrected chi connectivity index (χ2v) is 7.86. The Morgan fingerprint density at radius 3 is 2.28 bits per heavy atom. The third kappa shape index (κ3) is 4.64. The average Bonchev–Trinajstić information content (AvgIpc) is 3.24. The zero-order valence-corrected chi connectivity index (χ0v) is 18.1. The number of carbonyl (C=O) groups excluding carboxylic acids is 2. The number of benzene rings is 3. The van der Waals surface area contributed by atoms with Crippen molar-refractivity contribution in [1.82, 2.24) is 10.3 Å². The van der Waals surface area contributed by atoms with Crippen molar-refractivity contribution in [2.75, 3.05) is 30.9 Å². The van der Waals surface area contributed by atoms with Crippen LogP contribution in [0.1, 0.15) is 17.0 Å². The second-order valence-electron chi connectivity index (χ2n) is 7.86. The van der Waals surface area contributed by atoms with E-state index in [-0.39, 0.29) is 5.92 Å². The van der Waals surface area contributed by atoms with Crippen molar-refractivity contribution in [2.45, 2.75) is 5.92 Å². The number of nitrogens with one attached hydrogen (secondary N) is 3. The summed E-state index contributed by atoms with van der Waals surface area (Å²) in [5.74, 6) is -1.46. The molecule has 0 aliphatic rings. The number of aromatic amines is 1. The third-order valence-electron chi connectivity index (χ3n) is 5.51. The number of fused-ring (bicyclic) bond motifs is 1. The number of H-pyrrole nitrogens is 1. The van der Waals surface area contributed by atoms with E-state index in [4.69, 9.17) is 0 Å². The number of para-hydroxylation sites is 2. The summed E-state index contributed by atoms with van der Waals surface area (Å²) < 4.78 is 0. The SMILES string of the molecule is CN(C)c1ccc(C(CNC(=O)C(=O)Nc2ccccc2)c2c[nH]c3ccccc23)cc1. The van der Waals surface area contributed by atoms with Gasteiger partial charge in [0.05, 0.1) is 0 Å². The molecule has 0 bridgehead atoms. The largest absolute Gasteiger partial charge is 0.378 e. The molecule has 6 nitrogen and oxygen atoms in total. The van der Waals surface area contributed by atoms with Crippen LogP contribution in [0.25, 0.3) is 10.9 Å². The number of aromatic nitrogens is 1. The first-order valence-corrected chi connectivity index (χ1v) is 10.5. The number of anilines is 2. The first kappa shape index (κ1) is 21.2. The number of nitrogens with zero attached hydrogens (tertiary/aromatic N) is 1. The molecule has 4 rings (SSSR count). The van der Waals surface area contributed by atoms with Crippen LogP contribution in [0.2, 0.25) is 0 Å². The van der Waals surface area contributed by atoms with Gasteiger partial charge in [0.25, 0.3) is 0 Å². The summed E-state index contributed by atoms with van der Waals surface area (Å²) in [5.41, 5.74) is 4.84. The van der Waals surface area contributed by atoms with Crippen LogP contribution in [-0.2, 0) is 9.59 Å². The lowest BCUT2D eigenvalue weighted by molar-refractivity contribution is -0.136. The van der Waals surface area contributed by atoms with E-state index in [9.17, 15) is 9.59 Å². The molecule has 2 amide bonds. The van der Waals surface area contributed by atoms with Crippen LogP contribution >= 0.6 is 0 Å². The molecule has 0 saturated heterocycles. The van der Waals surface area contributed by atoms with Crippen molar-refractivity contribution >= 4 is 34.1 Å². The minimum atomic E-state index is -0.683. The van der Waals surface area contributed by atoms with Crippen LogP contribution in [-0.4, -0.2) is 37.4 Å². The fraction of sp³-hybridized carbons (Fsp3) is 0.154. The van der Waals surface area contributed by atoms with Gasteiger partial charge in [-0.3, -0.25) is 9.59 Å². The minimum absolute atomic E-state index is 0.115. The van der Waals surface area contributed by atoms with Crippen molar-refractivity contribution < 1.29 is 9.59 Å². The average molecular weight is 427 g/mol. The van der Waals surface area contributed by atoms with Crippen molar-refractivity contribution in [1.29, 1.82) is 0 Å². The molecule has 1 unspecified atom stereocenters. The first-order valence-electron chi connectivity index (χ1n) is 10.5. The summed E-state index contributed by atoms with van der Waals surface area (Å²) >= 11 is 0. The molecule has 3 aromatic carbocycles. The summed E-state index contributed by atoms with van der Waals surface area (Å²) in [5, 5.41) is 6.54. The first-order chi connectivity index (χ1) is 15.5. The topological polar surface area (TPSA) is 77.2 Å². The highest BCUT2D eigenvalue weighted by Crippen LogP contribution is 2.31. The number of amides is 2. The third-order valence-corrected chi connectivity index (χ3v) is 5.51. The van der Waals surface area contributed by atoms with E-state index in [1.807, 2.05) is 49.5 Å². The quantitative estimate of drug-likeness (QED) is 0.406. The zero-order chi connectivity index (χ0) is 22.5. The fourth-order valence-electron chi connectivity index (χ4n) is 3.78. The highest BCUT2D eigenvalue weighted by Gasteiger charge is 2.21. The molecule has 1 atom stereocenters. The zero-order valence-electron chi connectivity index (χ0n) is 18.1. The van der Waals surface area contributed by atoms with Gasteiger partial charge in [-0.1, -0.05) is 48.5 Å². The van der Waals surface area contributed by atoms with Crippen LogP contribution < -0.4 is 15.5 Å². The summed E-state index contributed by atoms with van der Waals surface area (Å²) in [6.45, 7) is 0.296. The summed E-state index contributed by atoms with van der Waals surface area (Å²) in [6.07, 6.45) is 1.98. The predicted octanol–water partition coefficient (Wildman–Crippen LogP) is 4.12. The molecular formula is C26H26N4O2. The Hall–Kier alpha value is -4.06. The van der Waals surface area contributed by atoms with Gasteiger partial charge in [-0.2, -0.15) is 0 Å². The van der Waals surface area contributed by atoms with E-state index >= 15 is 0 Å². The van der Waals surface area contributed by atoms with Gasteiger partial charge >= 0.3 is 11.8 Å². The fourth-order valence-corrected chi connectivity index (χ4v) is 3.78. The van der Waals surface area contributed by atoms with Gasteiger partial charge in [0.2, 0.25) is 0 Å². The molecule has 0 aliphatic heterocycles. The smallest absolute Gasteiger partial charge is 0.313 e. The highest BCUT2D eigenvalue weighted by molar-refractivity contribution is 6.39. The van der Waals surface area contributed by atoms with Crippen LogP contribution in [0, 0.1) is 0 Å². The number of hydrogen-bond donors (Lipinski definition) is 3. The van der Waals surface area contributed by atoms with E-state index in [1.54, 1.807) is 24.3 Å². The van der Waals surface area contributed by atoms with Crippen LogP contribution in [0.5, 0.6) is 0 Å². The van der Waals surface area contributed by atoms with Gasteiger partial charge < -0.3 is 20.5 Å². The summed E-state index contributed by atoms with van der Waals surface area (Å²) in [4.78, 5) is 30.2. The Morgan fingerprint density at radius 1 is 0.875 bits per heavy atom. The maximum Gasteiger partial charge on any atom is 0.313 e. The molecular weight excluding hydrogens is 400 g/mol. The lowest BCUT2D eigenvalue weighted by Crippen LogP contribution is -2.37. The minimum Gasteiger partial charge on any atom is -0.378 e. The van der Waals surface area contributed by atoms with Crippen molar-refractivity contribution in [3.63, 3.8) is 0 Å². The molecule has 0 spiro atoms.